The van der Waals surface area contributed by atoms with Gasteiger partial charge in [-0.15, -0.1) is 0 Å². The van der Waals surface area contributed by atoms with Gasteiger partial charge in [-0.2, -0.15) is 0 Å². The Kier molecular flexibility index (Phi) is 5.58. The zero-order valence-electron chi connectivity index (χ0n) is 14.9. The molecule has 3 rings (SSSR count). The highest BCUT2D eigenvalue weighted by molar-refractivity contribution is 5.99. The Morgan fingerprint density at radius 2 is 2.16 bits per heavy atom. The molecule has 7 heteroatoms. The van der Waals surface area contributed by atoms with Gasteiger partial charge in [-0.3, -0.25) is 9.83 Å². The number of amidine groups is 1. The summed E-state index contributed by atoms with van der Waals surface area (Å²) in [5.74, 6) is 6.69. The van der Waals surface area contributed by atoms with Gasteiger partial charge in [-0.25, -0.2) is 5.90 Å². The molecule has 1 heterocycles. The van der Waals surface area contributed by atoms with Crippen LogP contribution in [0.2, 0.25) is 0 Å². The van der Waals surface area contributed by atoms with Gasteiger partial charge >= 0.3 is 0 Å². The van der Waals surface area contributed by atoms with Crippen LogP contribution in [0.1, 0.15) is 42.9 Å². The predicted molar refractivity (Wildman–Crippen MR) is 96.3 cm³/mol. The third kappa shape index (κ3) is 3.79. The number of aliphatic imine (C=N–C) groups is 1. The summed E-state index contributed by atoms with van der Waals surface area (Å²) in [6.45, 7) is 2.38. The van der Waals surface area contributed by atoms with E-state index < -0.39 is 0 Å². The van der Waals surface area contributed by atoms with E-state index in [1.54, 1.807) is 7.11 Å². The second-order valence-electron chi connectivity index (χ2n) is 6.94. The van der Waals surface area contributed by atoms with Crippen LogP contribution in [0.4, 0.5) is 0 Å². The van der Waals surface area contributed by atoms with Crippen LogP contribution < -0.4 is 22.1 Å². The smallest absolute Gasteiger partial charge is 0.127 e. The molecule has 2 atom stereocenters. The van der Waals surface area contributed by atoms with Gasteiger partial charge in [0.05, 0.1) is 12.6 Å². The Balaban J connectivity index is 1.88. The monoisotopic (exact) mass is 348 g/mol. The van der Waals surface area contributed by atoms with Crippen molar-refractivity contribution in [2.75, 3.05) is 7.11 Å². The average molecular weight is 348 g/mol. The predicted octanol–water partition coefficient (Wildman–Crippen LogP) is 1.00. The molecule has 1 aliphatic heterocycles. The molecule has 7 nitrogen and oxygen atoms in total. The van der Waals surface area contributed by atoms with Crippen molar-refractivity contribution in [3.63, 3.8) is 0 Å². The minimum absolute atomic E-state index is 0.0544. The van der Waals surface area contributed by atoms with E-state index in [0.29, 0.717) is 12.4 Å². The second kappa shape index (κ2) is 7.70. The quantitative estimate of drug-likeness (QED) is 0.401. The first kappa shape index (κ1) is 18.1. The molecule has 0 amide bonds. The molecule has 1 aromatic rings. The number of hydrogen-bond acceptors (Lipinski definition) is 6. The third-order valence-corrected chi connectivity index (χ3v) is 5.12. The fourth-order valence-electron chi connectivity index (χ4n) is 3.53. The molecule has 0 bridgehead atoms. The summed E-state index contributed by atoms with van der Waals surface area (Å²) < 4.78 is 11.5. The molecular formula is C18H28N4O3. The third-order valence-electron chi connectivity index (χ3n) is 5.12. The summed E-state index contributed by atoms with van der Waals surface area (Å²) in [7, 11) is 1.68. The zero-order valence-corrected chi connectivity index (χ0v) is 14.9. The van der Waals surface area contributed by atoms with E-state index in [2.05, 4.69) is 4.99 Å². The van der Waals surface area contributed by atoms with Crippen molar-refractivity contribution in [2.45, 2.75) is 63.5 Å². The number of benzene rings is 1. The minimum Gasteiger partial charge on any atom is -0.487 e. The lowest BCUT2D eigenvalue weighted by Gasteiger charge is -2.32. The lowest BCUT2D eigenvalue weighted by molar-refractivity contribution is -0.0240. The van der Waals surface area contributed by atoms with Crippen molar-refractivity contribution >= 4 is 5.84 Å². The maximum atomic E-state index is 6.29. The van der Waals surface area contributed by atoms with E-state index in [1.165, 1.54) is 0 Å². The highest BCUT2D eigenvalue weighted by Crippen LogP contribution is 2.34. The molecule has 0 radical (unpaired) electrons. The highest BCUT2D eigenvalue weighted by Gasteiger charge is 2.29. The Labute approximate surface area is 148 Å². The molecule has 0 spiro atoms. The number of ether oxygens (including phenoxy) is 2. The molecule has 0 aromatic heterocycles. The van der Waals surface area contributed by atoms with Crippen molar-refractivity contribution in [1.29, 1.82) is 0 Å². The Hall–Kier alpha value is -1.67. The van der Waals surface area contributed by atoms with Crippen LogP contribution in [0, 0.1) is 0 Å². The molecule has 25 heavy (non-hydrogen) atoms. The number of methoxy groups -OCH3 is 1. The lowest BCUT2D eigenvalue weighted by Crippen LogP contribution is -2.40. The van der Waals surface area contributed by atoms with Crippen molar-refractivity contribution in [2.24, 2.45) is 22.4 Å². The van der Waals surface area contributed by atoms with Crippen molar-refractivity contribution in [3.8, 4) is 5.75 Å². The lowest BCUT2D eigenvalue weighted by atomic mass is 9.88. The van der Waals surface area contributed by atoms with E-state index in [0.717, 1.165) is 48.1 Å². The van der Waals surface area contributed by atoms with E-state index in [9.17, 15) is 0 Å². The summed E-state index contributed by atoms with van der Waals surface area (Å²) in [5, 5.41) is 0. The average Bonchev–Trinajstić information content (AvgIpc) is 2.59. The summed E-state index contributed by atoms with van der Waals surface area (Å²) in [4.78, 5) is 9.55. The van der Waals surface area contributed by atoms with Crippen LogP contribution in [-0.2, 0) is 22.6 Å². The highest BCUT2D eigenvalue weighted by atomic mass is 16.6. The first-order valence-electron chi connectivity index (χ1n) is 8.78. The largest absolute Gasteiger partial charge is 0.487 e. The first-order valence-corrected chi connectivity index (χ1v) is 8.78. The first-order chi connectivity index (χ1) is 12.0. The van der Waals surface area contributed by atoms with Crippen LogP contribution in [-0.4, -0.2) is 37.2 Å². The number of hydrogen-bond donors (Lipinski definition) is 3. The Morgan fingerprint density at radius 1 is 1.40 bits per heavy atom. The van der Waals surface area contributed by atoms with Crippen molar-refractivity contribution < 1.29 is 14.3 Å². The normalized spacial score (nSPS) is 27.2. The summed E-state index contributed by atoms with van der Waals surface area (Å²) in [6, 6.07) is 4.39. The standard InChI is InChI=1S/C18H28N4O3/c1-10(25-21)16-5-3-13-15(9-23-2)14(4-6-17(13)24-16)18(20)22-12-7-11(19)8-12/h4,6,10-12,16H,3,5,7-9,19,21H2,1-2H3,(H2,20,22). The molecular weight excluding hydrogens is 320 g/mol. The van der Waals surface area contributed by atoms with Gasteiger partial charge in [0.1, 0.15) is 23.8 Å². The molecule has 1 fully saturated rings. The molecule has 1 aromatic carbocycles. The number of fused-ring (bicyclic) bond motifs is 1. The molecule has 1 saturated carbocycles. The summed E-state index contributed by atoms with van der Waals surface area (Å²) >= 11 is 0. The number of nitrogens with zero attached hydrogens (tertiary/aromatic N) is 1. The van der Waals surface area contributed by atoms with Crippen molar-refractivity contribution in [3.05, 3.63) is 28.8 Å². The van der Waals surface area contributed by atoms with Gasteiger partial charge in [0.2, 0.25) is 0 Å². The van der Waals surface area contributed by atoms with Crippen LogP contribution in [0.25, 0.3) is 0 Å². The fourth-order valence-corrected chi connectivity index (χ4v) is 3.53. The van der Waals surface area contributed by atoms with Gasteiger partial charge in [0.25, 0.3) is 0 Å². The fraction of sp³-hybridized carbons (Fsp3) is 0.611. The van der Waals surface area contributed by atoms with Crippen LogP contribution in [0.5, 0.6) is 5.75 Å². The minimum atomic E-state index is -0.159. The van der Waals surface area contributed by atoms with E-state index in [1.807, 2.05) is 19.1 Å². The van der Waals surface area contributed by atoms with Gasteiger partial charge in [0, 0.05) is 24.3 Å². The maximum absolute atomic E-state index is 6.29. The molecule has 0 saturated heterocycles. The zero-order chi connectivity index (χ0) is 18.0. The maximum Gasteiger partial charge on any atom is 0.127 e. The Morgan fingerprint density at radius 3 is 2.80 bits per heavy atom. The van der Waals surface area contributed by atoms with E-state index in [4.69, 9.17) is 31.7 Å². The van der Waals surface area contributed by atoms with Gasteiger partial charge in [-0.05, 0) is 50.3 Å². The molecule has 2 unspecified atom stereocenters. The number of rotatable bonds is 6. The SMILES string of the molecule is COCc1c(C(N)=NC2CC(N)C2)ccc2c1CCC(C(C)ON)O2. The molecule has 6 N–H and O–H groups in total. The van der Waals surface area contributed by atoms with Crippen LogP contribution >= 0.6 is 0 Å². The summed E-state index contributed by atoms with van der Waals surface area (Å²) in [6.07, 6.45) is 3.27. The summed E-state index contributed by atoms with van der Waals surface area (Å²) in [5.41, 5.74) is 15.2. The van der Waals surface area contributed by atoms with Gasteiger partial charge < -0.3 is 20.9 Å². The van der Waals surface area contributed by atoms with Crippen molar-refractivity contribution in [1.82, 2.24) is 0 Å². The van der Waals surface area contributed by atoms with E-state index in [-0.39, 0.29) is 24.3 Å². The topological polar surface area (TPSA) is 118 Å². The molecule has 138 valence electrons. The van der Waals surface area contributed by atoms with Crippen LogP contribution in [0.15, 0.2) is 17.1 Å². The van der Waals surface area contributed by atoms with Crippen LogP contribution in [0.3, 0.4) is 0 Å². The van der Waals surface area contributed by atoms with E-state index >= 15 is 0 Å². The van der Waals surface area contributed by atoms with Gasteiger partial charge in [0.15, 0.2) is 0 Å². The molecule has 2 aliphatic rings. The molecule has 1 aliphatic carbocycles. The van der Waals surface area contributed by atoms with Gasteiger partial charge in [-0.1, -0.05) is 0 Å². The number of nitrogens with two attached hydrogens (primary N) is 3. The second-order valence-corrected chi connectivity index (χ2v) is 6.94. The Bertz CT molecular complexity index is 643.